The molecule has 0 aliphatic carbocycles. The van der Waals surface area contributed by atoms with E-state index in [2.05, 4.69) is 25.3 Å². The number of aromatic nitrogens is 4. The van der Waals surface area contributed by atoms with Crippen LogP contribution in [0.3, 0.4) is 0 Å². The van der Waals surface area contributed by atoms with Gasteiger partial charge in [0.2, 0.25) is 5.95 Å². The first-order valence-electron chi connectivity index (χ1n) is 5.63. The number of fused-ring (bicyclic) bond motifs is 1. The minimum Gasteiger partial charge on any atom is -0.368 e. The van der Waals surface area contributed by atoms with Gasteiger partial charge in [0.1, 0.15) is 11.3 Å². The lowest BCUT2D eigenvalue weighted by Gasteiger charge is -2.08. The van der Waals surface area contributed by atoms with Crippen molar-refractivity contribution in [1.29, 1.82) is 0 Å². The summed E-state index contributed by atoms with van der Waals surface area (Å²) in [5, 5.41) is 2.89. The van der Waals surface area contributed by atoms with Gasteiger partial charge in [-0.1, -0.05) is 6.07 Å². The Labute approximate surface area is 107 Å². The van der Waals surface area contributed by atoms with Gasteiger partial charge in [-0.25, -0.2) is 9.37 Å². The molecule has 0 aliphatic heterocycles. The number of nitrogens with two attached hydrogens (primary N) is 1. The molecule has 0 fully saturated rings. The van der Waals surface area contributed by atoms with E-state index in [-0.39, 0.29) is 11.8 Å². The molecule has 0 bridgehead atoms. The van der Waals surface area contributed by atoms with Crippen molar-refractivity contribution in [1.82, 2.24) is 19.9 Å². The Balaban J connectivity index is 2.07. The highest BCUT2D eigenvalue weighted by molar-refractivity contribution is 5.85. The van der Waals surface area contributed by atoms with Crippen LogP contribution in [0.4, 0.5) is 21.8 Å². The Morgan fingerprint density at radius 3 is 2.95 bits per heavy atom. The van der Waals surface area contributed by atoms with Crippen molar-refractivity contribution < 1.29 is 4.39 Å². The molecule has 1 aromatic carbocycles. The van der Waals surface area contributed by atoms with Gasteiger partial charge in [-0.15, -0.1) is 0 Å². The maximum Gasteiger partial charge on any atom is 0.224 e. The molecule has 0 spiro atoms. The number of benzene rings is 1. The van der Waals surface area contributed by atoms with Crippen molar-refractivity contribution in [2.45, 2.75) is 6.92 Å². The van der Waals surface area contributed by atoms with Gasteiger partial charge < -0.3 is 16.0 Å². The predicted octanol–water partition coefficient (Wildman–Crippen LogP) is 2.13. The molecule has 0 atom stereocenters. The molecule has 0 saturated carbocycles. The summed E-state index contributed by atoms with van der Waals surface area (Å²) in [5.74, 6) is 0.113. The second kappa shape index (κ2) is 4.20. The van der Waals surface area contributed by atoms with Gasteiger partial charge in [0.25, 0.3) is 0 Å². The number of H-pyrrole nitrogens is 1. The summed E-state index contributed by atoms with van der Waals surface area (Å²) in [6, 6.07) is 4.89. The summed E-state index contributed by atoms with van der Waals surface area (Å²) in [5.41, 5.74) is 7.76. The highest BCUT2D eigenvalue weighted by Crippen LogP contribution is 2.24. The van der Waals surface area contributed by atoms with Crippen LogP contribution >= 0.6 is 0 Å². The highest BCUT2D eigenvalue weighted by Gasteiger charge is 2.10. The zero-order chi connectivity index (χ0) is 13.4. The zero-order valence-corrected chi connectivity index (χ0v) is 10.1. The molecule has 0 radical (unpaired) electrons. The van der Waals surface area contributed by atoms with Gasteiger partial charge >= 0.3 is 0 Å². The molecule has 0 aliphatic rings. The van der Waals surface area contributed by atoms with E-state index in [9.17, 15) is 4.39 Å². The van der Waals surface area contributed by atoms with Gasteiger partial charge in [0.15, 0.2) is 11.5 Å². The van der Waals surface area contributed by atoms with E-state index in [0.717, 1.165) is 5.56 Å². The number of halogens is 1. The summed E-state index contributed by atoms with van der Waals surface area (Å²) >= 11 is 0. The van der Waals surface area contributed by atoms with Gasteiger partial charge in [-0.3, -0.25) is 0 Å². The van der Waals surface area contributed by atoms with Crippen molar-refractivity contribution in [3.8, 4) is 0 Å². The molecule has 0 unspecified atom stereocenters. The number of nitrogen functional groups attached to an aromatic ring is 1. The van der Waals surface area contributed by atoms with Gasteiger partial charge in [0, 0.05) is 0 Å². The smallest absolute Gasteiger partial charge is 0.224 e. The number of hydrogen-bond donors (Lipinski definition) is 3. The summed E-state index contributed by atoms with van der Waals surface area (Å²) < 4.78 is 13.8. The lowest BCUT2D eigenvalue weighted by molar-refractivity contribution is 0.630. The molecular formula is C12H11FN6. The Morgan fingerprint density at radius 1 is 1.32 bits per heavy atom. The Bertz CT molecular complexity index is 751. The number of imidazole rings is 1. The summed E-state index contributed by atoms with van der Waals surface area (Å²) in [4.78, 5) is 14.9. The van der Waals surface area contributed by atoms with Crippen molar-refractivity contribution in [3.05, 3.63) is 35.9 Å². The third kappa shape index (κ3) is 2.05. The van der Waals surface area contributed by atoms with Crippen LogP contribution in [0.15, 0.2) is 24.5 Å². The molecule has 2 aromatic heterocycles. The Hall–Kier alpha value is -2.70. The fraction of sp³-hybridized carbons (Fsp3) is 0.0833. The number of anilines is 3. The van der Waals surface area contributed by atoms with E-state index in [4.69, 9.17) is 5.73 Å². The second-order valence-electron chi connectivity index (χ2n) is 4.14. The quantitative estimate of drug-likeness (QED) is 0.654. The molecule has 0 amide bonds. The maximum absolute atomic E-state index is 13.8. The standard InChI is InChI=1S/C12H11FN6/c1-6-2-3-8(7(13)4-6)17-11-9-10(16-5-15-9)18-12(14)19-11/h2-5H,1H3,(H4,14,15,16,17,18,19). The summed E-state index contributed by atoms with van der Waals surface area (Å²) in [7, 11) is 0. The normalized spacial score (nSPS) is 10.8. The molecule has 0 saturated heterocycles. The number of nitrogens with zero attached hydrogens (tertiary/aromatic N) is 3. The molecule has 6 nitrogen and oxygen atoms in total. The van der Waals surface area contributed by atoms with Crippen molar-refractivity contribution in [3.63, 3.8) is 0 Å². The van der Waals surface area contributed by atoms with Crippen molar-refractivity contribution in [2.24, 2.45) is 0 Å². The average Bonchev–Trinajstić information content (AvgIpc) is 2.80. The van der Waals surface area contributed by atoms with Crippen molar-refractivity contribution in [2.75, 3.05) is 11.1 Å². The van der Waals surface area contributed by atoms with Crippen LogP contribution in [0, 0.1) is 12.7 Å². The monoisotopic (exact) mass is 258 g/mol. The largest absolute Gasteiger partial charge is 0.368 e. The van der Waals surface area contributed by atoms with Crippen LogP contribution < -0.4 is 11.1 Å². The van der Waals surface area contributed by atoms with Crippen LogP contribution in [-0.4, -0.2) is 19.9 Å². The van der Waals surface area contributed by atoms with Crippen LogP contribution in [0.1, 0.15) is 5.56 Å². The first-order chi connectivity index (χ1) is 9.13. The van der Waals surface area contributed by atoms with Gasteiger partial charge in [-0.05, 0) is 24.6 Å². The fourth-order valence-electron chi connectivity index (χ4n) is 1.79. The molecule has 7 heteroatoms. The fourth-order valence-corrected chi connectivity index (χ4v) is 1.79. The minimum atomic E-state index is -0.357. The number of rotatable bonds is 2. The number of nitrogens with one attached hydrogen (secondary N) is 2. The Morgan fingerprint density at radius 2 is 2.16 bits per heavy atom. The van der Waals surface area contributed by atoms with Crippen LogP contribution in [0.5, 0.6) is 0 Å². The van der Waals surface area contributed by atoms with E-state index >= 15 is 0 Å². The maximum atomic E-state index is 13.8. The Kier molecular flexibility index (Phi) is 2.52. The number of aryl methyl sites for hydroxylation is 1. The molecule has 3 rings (SSSR count). The van der Waals surface area contributed by atoms with Gasteiger partial charge in [-0.2, -0.15) is 9.97 Å². The third-order valence-corrected chi connectivity index (χ3v) is 2.68. The van der Waals surface area contributed by atoms with Gasteiger partial charge in [0.05, 0.1) is 12.0 Å². The van der Waals surface area contributed by atoms with Crippen LogP contribution in [0.2, 0.25) is 0 Å². The molecule has 96 valence electrons. The molecule has 19 heavy (non-hydrogen) atoms. The zero-order valence-electron chi connectivity index (χ0n) is 10.1. The summed E-state index contributed by atoms with van der Waals surface area (Å²) in [6.45, 7) is 1.82. The topological polar surface area (TPSA) is 92.5 Å². The third-order valence-electron chi connectivity index (χ3n) is 2.68. The molecule has 2 heterocycles. The lowest BCUT2D eigenvalue weighted by Crippen LogP contribution is -2.02. The molecule has 4 N–H and O–H groups in total. The van der Waals surface area contributed by atoms with E-state index < -0.39 is 0 Å². The summed E-state index contributed by atoms with van der Waals surface area (Å²) in [6.07, 6.45) is 1.48. The lowest BCUT2D eigenvalue weighted by atomic mass is 10.2. The van der Waals surface area contributed by atoms with E-state index in [1.54, 1.807) is 12.1 Å². The highest BCUT2D eigenvalue weighted by atomic mass is 19.1. The van der Waals surface area contributed by atoms with Crippen molar-refractivity contribution >= 4 is 28.6 Å². The second-order valence-corrected chi connectivity index (χ2v) is 4.14. The minimum absolute atomic E-state index is 0.0784. The van der Waals surface area contributed by atoms with E-state index in [1.165, 1.54) is 12.4 Å². The first-order valence-corrected chi connectivity index (χ1v) is 5.63. The van der Waals surface area contributed by atoms with Crippen LogP contribution in [-0.2, 0) is 0 Å². The SMILES string of the molecule is Cc1ccc(Nc2nc(N)nc3nc[nH]c23)c(F)c1. The molecular weight excluding hydrogens is 247 g/mol. The van der Waals surface area contributed by atoms with E-state index in [0.29, 0.717) is 22.7 Å². The van der Waals surface area contributed by atoms with Crippen LogP contribution in [0.25, 0.3) is 11.2 Å². The average molecular weight is 258 g/mol. The number of aromatic amines is 1. The molecule has 3 aromatic rings. The van der Waals surface area contributed by atoms with E-state index in [1.807, 2.05) is 6.92 Å². The predicted molar refractivity (Wildman–Crippen MR) is 70.5 cm³/mol. The number of hydrogen-bond acceptors (Lipinski definition) is 5. The first kappa shape index (κ1) is 11.4.